The van der Waals surface area contributed by atoms with E-state index in [1.807, 2.05) is 0 Å². The summed E-state index contributed by atoms with van der Waals surface area (Å²) in [7, 11) is 0. The van der Waals surface area contributed by atoms with Crippen molar-refractivity contribution in [2.24, 2.45) is 0 Å². The van der Waals surface area contributed by atoms with E-state index >= 15 is 0 Å². The number of aliphatic hydroxyl groups is 1. The highest BCUT2D eigenvalue weighted by Crippen LogP contribution is 2.35. The average molecular weight is 348 g/mol. The van der Waals surface area contributed by atoms with Gasteiger partial charge in [0, 0.05) is 11.1 Å². The molecule has 0 saturated heterocycles. The molecule has 0 fully saturated rings. The SMILES string of the molecule is OCc1ccc(Oc2cc(Cl)ccc2Cl)c(Br)c1. The molecule has 0 aliphatic rings. The van der Waals surface area contributed by atoms with Crippen molar-refractivity contribution in [1.29, 1.82) is 0 Å². The van der Waals surface area contributed by atoms with Gasteiger partial charge in [-0.05, 0) is 45.8 Å². The van der Waals surface area contributed by atoms with Crippen LogP contribution in [-0.4, -0.2) is 5.11 Å². The minimum atomic E-state index is -0.0171. The first-order valence-corrected chi connectivity index (χ1v) is 6.67. The second-order valence-corrected chi connectivity index (χ2v) is 5.30. The molecule has 2 aromatic rings. The van der Waals surface area contributed by atoms with Gasteiger partial charge in [0.05, 0.1) is 16.1 Å². The summed E-state index contributed by atoms with van der Waals surface area (Å²) in [5.74, 6) is 1.10. The van der Waals surface area contributed by atoms with E-state index in [0.29, 0.717) is 21.5 Å². The highest BCUT2D eigenvalue weighted by atomic mass is 79.9. The first kappa shape index (κ1) is 13.7. The van der Waals surface area contributed by atoms with Gasteiger partial charge in [0.15, 0.2) is 0 Å². The zero-order chi connectivity index (χ0) is 13.1. The molecule has 0 atom stereocenters. The van der Waals surface area contributed by atoms with Gasteiger partial charge in [0.1, 0.15) is 11.5 Å². The van der Waals surface area contributed by atoms with Crippen molar-refractivity contribution in [3.63, 3.8) is 0 Å². The van der Waals surface area contributed by atoms with Gasteiger partial charge in [0.25, 0.3) is 0 Å². The van der Waals surface area contributed by atoms with Crippen molar-refractivity contribution in [2.45, 2.75) is 6.61 Å². The van der Waals surface area contributed by atoms with Crippen LogP contribution in [0.1, 0.15) is 5.56 Å². The van der Waals surface area contributed by atoms with Crippen LogP contribution in [-0.2, 0) is 6.61 Å². The molecule has 94 valence electrons. The molecular formula is C13H9BrCl2O2. The van der Waals surface area contributed by atoms with Crippen LogP contribution in [0.4, 0.5) is 0 Å². The van der Waals surface area contributed by atoms with Crippen molar-refractivity contribution < 1.29 is 9.84 Å². The number of aliphatic hydroxyl groups excluding tert-OH is 1. The summed E-state index contributed by atoms with van der Waals surface area (Å²) in [6.45, 7) is -0.0171. The Bertz CT molecular complexity index is 573. The van der Waals surface area contributed by atoms with Crippen molar-refractivity contribution in [3.05, 3.63) is 56.5 Å². The molecule has 2 nitrogen and oxygen atoms in total. The number of ether oxygens (including phenoxy) is 1. The fourth-order valence-corrected chi connectivity index (χ4v) is 2.22. The lowest BCUT2D eigenvalue weighted by atomic mass is 10.2. The topological polar surface area (TPSA) is 29.5 Å². The monoisotopic (exact) mass is 346 g/mol. The van der Waals surface area contributed by atoms with Gasteiger partial charge >= 0.3 is 0 Å². The van der Waals surface area contributed by atoms with E-state index in [0.717, 1.165) is 10.0 Å². The highest BCUT2D eigenvalue weighted by molar-refractivity contribution is 9.10. The maximum Gasteiger partial charge on any atom is 0.147 e. The summed E-state index contributed by atoms with van der Waals surface area (Å²) in [5.41, 5.74) is 0.798. The van der Waals surface area contributed by atoms with Crippen LogP contribution in [0.5, 0.6) is 11.5 Å². The minimum absolute atomic E-state index is 0.0171. The summed E-state index contributed by atoms with van der Waals surface area (Å²) in [4.78, 5) is 0. The van der Waals surface area contributed by atoms with E-state index in [1.54, 1.807) is 36.4 Å². The summed E-state index contributed by atoms with van der Waals surface area (Å²) < 4.78 is 6.42. The third kappa shape index (κ3) is 3.18. The molecule has 18 heavy (non-hydrogen) atoms. The van der Waals surface area contributed by atoms with Crippen molar-refractivity contribution in [2.75, 3.05) is 0 Å². The summed E-state index contributed by atoms with van der Waals surface area (Å²) >= 11 is 15.3. The first-order chi connectivity index (χ1) is 8.60. The van der Waals surface area contributed by atoms with Crippen molar-refractivity contribution in [1.82, 2.24) is 0 Å². The van der Waals surface area contributed by atoms with Crippen LogP contribution >= 0.6 is 39.1 Å². The average Bonchev–Trinajstić information content (AvgIpc) is 2.36. The van der Waals surface area contributed by atoms with Crippen LogP contribution < -0.4 is 4.74 Å². The highest BCUT2D eigenvalue weighted by Gasteiger charge is 2.07. The Balaban J connectivity index is 2.31. The Morgan fingerprint density at radius 3 is 2.50 bits per heavy atom. The summed E-state index contributed by atoms with van der Waals surface area (Å²) in [5, 5.41) is 10.1. The molecule has 0 amide bonds. The number of hydrogen-bond acceptors (Lipinski definition) is 2. The van der Waals surface area contributed by atoms with E-state index in [1.165, 1.54) is 0 Å². The molecule has 1 N–H and O–H groups in total. The van der Waals surface area contributed by atoms with Gasteiger partial charge < -0.3 is 9.84 Å². The molecule has 0 radical (unpaired) electrons. The van der Waals surface area contributed by atoms with Crippen molar-refractivity contribution in [3.8, 4) is 11.5 Å². The van der Waals surface area contributed by atoms with E-state index in [4.69, 9.17) is 33.0 Å². The van der Waals surface area contributed by atoms with E-state index in [-0.39, 0.29) is 6.61 Å². The van der Waals surface area contributed by atoms with E-state index < -0.39 is 0 Å². The predicted octanol–water partition coefficient (Wildman–Crippen LogP) is 5.04. The molecule has 0 unspecified atom stereocenters. The quantitative estimate of drug-likeness (QED) is 0.842. The predicted molar refractivity (Wildman–Crippen MR) is 76.6 cm³/mol. The number of rotatable bonds is 3. The van der Waals surface area contributed by atoms with Crippen LogP contribution in [0.3, 0.4) is 0 Å². The summed E-state index contributed by atoms with van der Waals surface area (Å²) in [6.07, 6.45) is 0. The fraction of sp³-hybridized carbons (Fsp3) is 0.0769. The lowest BCUT2D eigenvalue weighted by Crippen LogP contribution is -1.89. The molecule has 0 aliphatic heterocycles. The Morgan fingerprint density at radius 2 is 1.83 bits per heavy atom. The van der Waals surface area contributed by atoms with Gasteiger partial charge in [-0.1, -0.05) is 29.3 Å². The van der Waals surface area contributed by atoms with Gasteiger partial charge in [0.2, 0.25) is 0 Å². The molecule has 0 spiro atoms. The van der Waals surface area contributed by atoms with Gasteiger partial charge in [-0.15, -0.1) is 0 Å². The Kier molecular flexibility index (Phi) is 4.51. The Morgan fingerprint density at radius 1 is 1.06 bits per heavy atom. The van der Waals surface area contributed by atoms with Crippen LogP contribution in [0.15, 0.2) is 40.9 Å². The second kappa shape index (κ2) is 5.93. The lowest BCUT2D eigenvalue weighted by molar-refractivity contribution is 0.281. The standard InChI is InChI=1S/C13H9BrCl2O2/c14-10-5-8(7-17)1-4-12(10)18-13-6-9(15)2-3-11(13)16/h1-6,17H,7H2. The van der Waals surface area contributed by atoms with E-state index in [9.17, 15) is 0 Å². The maximum atomic E-state index is 9.02. The van der Waals surface area contributed by atoms with Gasteiger partial charge in [-0.3, -0.25) is 0 Å². The van der Waals surface area contributed by atoms with Crippen LogP contribution in [0.2, 0.25) is 10.0 Å². The zero-order valence-electron chi connectivity index (χ0n) is 9.16. The molecule has 0 heterocycles. The van der Waals surface area contributed by atoms with Gasteiger partial charge in [-0.2, -0.15) is 0 Å². The van der Waals surface area contributed by atoms with Gasteiger partial charge in [-0.25, -0.2) is 0 Å². The third-order valence-corrected chi connectivity index (χ3v) is 3.46. The number of halogens is 3. The lowest BCUT2D eigenvalue weighted by Gasteiger charge is -2.10. The fourth-order valence-electron chi connectivity index (χ4n) is 1.40. The minimum Gasteiger partial charge on any atom is -0.455 e. The molecule has 5 heteroatoms. The maximum absolute atomic E-state index is 9.02. The molecule has 0 aromatic heterocycles. The zero-order valence-corrected chi connectivity index (χ0v) is 12.3. The molecule has 0 bridgehead atoms. The first-order valence-electron chi connectivity index (χ1n) is 5.12. The largest absolute Gasteiger partial charge is 0.455 e. The molecule has 0 aliphatic carbocycles. The number of benzene rings is 2. The molecule has 0 saturated carbocycles. The molecular weight excluding hydrogens is 339 g/mol. The summed E-state index contributed by atoms with van der Waals surface area (Å²) in [6, 6.07) is 10.3. The normalized spacial score (nSPS) is 10.4. The van der Waals surface area contributed by atoms with E-state index in [2.05, 4.69) is 15.9 Å². The van der Waals surface area contributed by atoms with Crippen LogP contribution in [0, 0.1) is 0 Å². The Hall–Kier alpha value is -0.740. The van der Waals surface area contributed by atoms with Crippen LogP contribution in [0.25, 0.3) is 0 Å². The van der Waals surface area contributed by atoms with Crippen molar-refractivity contribution >= 4 is 39.1 Å². The molecule has 2 aromatic carbocycles. The Labute approximate surface area is 123 Å². The third-order valence-electron chi connectivity index (χ3n) is 2.29. The smallest absolute Gasteiger partial charge is 0.147 e. The second-order valence-electron chi connectivity index (χ2n) is 3.60. The number of hydrogen-bond donors (Lipinski definition) is 1. The molecule has 2 rings (SSSR count).